The molecule has 0 aliphatic rings. The molecule has 0 aromatic heterocycles. The lowest BCUT2D eigenvalue weighted by atomic mass is 10.0. The van der Waals surface area contributed by atoms with Crippen LogP contribution in [0, 0.1) is 5.41 Å². The Hall–Kier alpha value is 0.177. The molecule has 0 radical (unpaired) electrons. The van der Waals surface area contributed by atoms with Gasteiger partial charge in [-0.25, -0.2) is 0 Å². The Morgan fingerprint density at radius 3 is 1.82 bits per heavy atom. The third-order valence-corrected chi connectivity index (χ3v) is 5.32. The fraction of sp³-hybridized carbons (Fsp3) is 1.00. The topological polar surface area (TPSA) is 3.24 Å². The third-order valence-electron chi connectivity index (χ3n) is 2.07. The molecular formula is C9H23NSi. The molecule has 0 aliphatic heterocycles. The summed E-state index contributed by atoms with van der Waals surface area (Å²) in [6.07, 6.45) is 0. The first-order chi connectivity index (χ1) is 4.99. The molecule has 0 rings (SSSR count). The fourth-order valence-electron chi connectivity index (χ4n) is 1.03. The van der Waals surface area contributed by atoms with Gasteiger partial charge in [-0.1, -0.05) is 34.6 Å². The van der Waals surface area contributed by atoms with E-state index in [0.717, 1.165) is 0 Å². The lowest BCUT2D eigenvalue weighted by Gasteiger charge is -2.23. The molecule has 0 aromatic carbocycles. The zero-order valence-corrected chi connectivity index (χ0v) is 10.2. The van der Waals surface area contributed by atoms with Gasteiger partial charge in [-0.15, -0.1) is 0 Å². The Kier molecular flexibility index (Phi) is 5.02. The first-order valence-corrected chi connectivity index (χ1v) is 6.35. The molecule has 0 N–H and O–H groups in total. The summed E-state index contributed by atoms with van der Waals surface area (Å²) in [5, 5.41) is 0. The minimum Gasteiger partial charge on any atom is -0.330 e. The summed E-state index contributed by atoms with van der Waals surface area (Å²) in [7, 11) is 0.0544. The van der Waals surface area contributed by atoms with Crippen molar-refractivity contribution in [2.75, 3.05) is 13.1 Å². The van der Waals surface area contributed by atoms with Crippen LogP contribution in [0.4, 0.5) is 0 Å². The normalized spacial score (nSPS) is 13.6. The van der Waals surface area contributed by atoms with Gasteiger partial charge < -0.3 is 4.57 Å². The monoisotopic (exact) mass is 173 g/mol. The van der Waals surface area contributed by atoms with Crippen molar-refractivity contribution >= 4 is 9.68 Å². The van der Waals surface area contributed by atoms with Crippen molar-refractivity contribution in [2.24, 2.45) is 5.41 Å². The molecule has 0 saturated heterocycles. The summed E-state index contributed by atoms with van der Waals surface area (Å²) in [6.45, 7) is 14.0. The van der Waals surface area contributed by atoms with E-state index in [1.165, 1.54) is 19.1 Å². The lowest BCUT2D eigenvalue weighted by Crippen LogP contribution is -2.29. The fourth-order valence-corrected chi connectivity index (χ4v) is 2.65. The Morgan fingerprint density at radius 1 is 1.09 bits per heavy atom. The maximum atomic E-state index is 2.62. The summed E-state index contributed by atoms with van der Waals surface area (Å²) in [5.41, 5.74) is 0.550. The maximum absolute atomic E-state index is 2.62. The van der Waals surface area contributed by atoms with Crippen LogP contribution in [0.3, 0.4) is 0 Å². The van der Waals surface area contributed by atoms with Gasteiger partial charge in [-0.2, -0.15) is 0 Å². The second-order valence-electron chi connectivity index (χ2n) is 4.34. The highest BCUT2D eigenvalue weighted by molar-refractivity contribution is 6.32. The summed E-state index contributed by atoms with van der Waals surface area (Å²) >= 11 is 0. The molecule has 0 unspecified atom stereocenters. The van der Waals surface area contributed by atoms with Crippen molar-refractivity contribution < 1.29 is 0 Å². The third kappa shape index (κ3) is 6.57. The molecule has 0 fully saturated rings. The first kappa shape index (κ1) is 11.2. The average molecular weight is 173 g/mol. The number of hydrogen-bond donors (Lipinski definition) is 0. The molecule has 0 spiro atoms. The zero-order valence-electron chi connectivity index (χ0n) is 8.78. The number of nitrogens with zero attached hydrogens (tertiary/aromatic N) is 1. The summed E-state index contributed by atoms with van der Waals surface area (Å²) in [6, 6.07) is 1.44. The molecular weight excluding hydrogens is 150 g/mol. The molecule has 0 bridgehead atoms. The van der Waals surface area contributed by atoms with Gasteiger partial charge in [0.1, 0.15) is 0 Å². The van der Waals surface area contributed by atoms with Crippen LogP contribution in [0.15, 0.2) is 0 Å². The second-order valence-corrected chi connectivity index (χ2v) is 6.18. The van der Waals surface area contributed by atoms with Crippen molar-refractivity contribution in [1.29, 1.82) is 0 Å². The summed E-state index contributed by atoms with van der Waals surface area (Å²) in [5.74, 6) is 0. The largest absolute Gasteiger partial charge is 0.330 e. The molecule has 68 valence electrons. The van der Waals surface area contributed by atoms with Gasteiger partial charge in [0, 0.05) is 0 Å². The summed E-state index contributed by atoms with van der Waals surface area (Å²) in [4.78, 5) is 0. The number of rotatable bonds is 4. The number of hydrogen-bond acceptors (Lipinski definition) is 1. The summed E-state index contributed by atoms with van der Waals surface area (Å²) < 4.78 is 2.62. The Bertz CT molecular complexity index is 92.2. The SMILES string of the molecule is CCN(CC)[SiH2]CC(C)(C)C. The Labute approximate surface area is 74.1 Å². The van der Waals surface area contributed by atoms with Crippen LogP contribution < -0.4 is 0 Å². The predicted molar refractivity (Wildman–Crippen MR) is 55.7 cm³/mol. The van der Waals surface area contributed by atoms with Crippen LogP contribution in [0.5, 0.6) is 0 Å². The quantitative estimate of drug-likeness (QED) is 0.587. The minimum atomic E-state index is 0.0544. The van der Waals surface area contributed by atoms with E-state index in [0.29, 0.717) is 5.41 Å². The van der Waals surface area contributed by atoms with Gasteiger partial charge >= 0.3 is 0 Å². The smallest absolute Gasteiger partial charge is 0.0955 e. The Morgan fingerprint density at radius 2 is 1.55 bits per heavy atom. The Balaban J connectivity index is 3.51. The van der Waals surface area contributed by atoms with Gasteiger partial charge in [0.15, 0.2) is 0 Å². The molecule has 0 amide bonds. The van der Waals surface area contributed by atoms with Crippen molar-refractivity contribution in [3.05, 3.63) is 0 Å². The van der Waals surface area contributed by atoms with E-state index < -0.39 is 0 Å². The minimum absolute atomic E-state index is 0.0544. The molecule has 2 heteroatoms. The standard InChI is InChI=1S/C9H23NSi/c1-6-10(7-2)11-8-9(3,4)5/h6-8,11H2,1-5H3. The molecule has 0 aliphatic carbocycles. The highest BCUT2D eigenvalue weighted by atomic mass is 28.2. The molecule has 0 saturated carbocycles. The van der Waals surface area contributed by atoms with Crippen molar-refractivity contribution in [2.45, 2.75) is 40.7 Å². The van der Waals surface area contributed by atoms with Crippen LogP contribution in [0.25, 0.3) is 0 Å². The van der Waals surface area contributed by atoms with Crippen LogP contribution in [-0.4, -0.2) is 27.3 Å². The molecule has 1 nitrogen and oxygen atoms in total. The van der Waals surface area contributed by atoms with Crippen molar-refractivity contribution in [1.82, 2.24) is 4.57 Å². The zero-order chi connectivity index (χ0) is 8.91. The lowest BCUT2D eigenvalue weighted by molar-refractivity contribution is 0.433. The van der Waals surface area contributed by atoms with Crippen LogP contribution in [0.2, 0.25) is 6.04 Å². The van der Waals surface area contributed by atoms with Crippen molar-refractivity contribution in [3.63, 3.8) is 0 Å². The van der Waals surface area contributed by atoms with Crippen molar-refractivity contribution in [3.8, 4) is 0 Å². The van der Waals surface area contributed by atoms with Crippen LogP contribution in [-0.2, 0) is 0 Å². The van der Waals surface area contributed by atoms with Gasteiger partial charge in [0.25, 0.3) is 0 Å². The molecule has 0 heterocycles. The van der Waals surface area contributed by atoms with Gasteiger partial charge in [0.05, 0.1) is 9.68 Å². The van der Waals surface area contributed by atoms with Gasteiger partial charge in [-0.05, 0) is 24.5 Å². The van der Waals surface area contributed by atoms with E-state index in [4.69, 9.17) is 0 Å². The molecule has 0 atom stereocenters. The first-order valence-electron chi connectivity index (χ1n) is 4.72. The van der Waals surface area contributed by atoms with E-state index in [1.807, 2.05) is 0 Å². The highest BCUT2D eigenvalue weighted by Crippen LogP contribution is 2.18. The van der Waals surface area contributed by atoms with E-state index in [2.05, 4.69) is 39.2 Å². The molecule has 11 heavy (non-hydrogen) atoms. The van der Waals surface area contributed by atoms with Crippen LogP contribution in [0.1, 0.15) is 34.6 Å². The second kappa shape index (κ2) is 4.94. The van der Waals surface area contributed by atoms with Gasteiger partial charge in [-0.3, -0.25) is 0 Å². The van der Waals surface area contributed by atoms with Crippen LogP contribution >= 0.6 is 0 Å². The maximum Gasteiger partial charge on any atom is 0.0955 e. The highest BCUT2D eigenvalue weighted by Gasteiger charge is 2.11. The average Bonchev–Trinajstić information content (AvgIpc) is 1.88. The van der Waals surface area contributed by atoms with E-state index in [-0.39, 0.29) is 9.68 Å². The van der Waals surface area contributed by atoms with E-state index in [1.54, 1.807) is 0 Å². The predicted octanol–water partition coefficient (Wildman–Crippen LogP) is 1.88. The van der Waals surface area contributed by atoms with Gasteiger partial charge in [0.2, 0.25) is 0 Å². The van der Waals surface area contributed by atoms with E-state index >= 15 is 0 Å². The van der Waals surface area contributed by atoms with E-state index in [9.17, 15) is 0 Å². The molecule has 0 aromatic rings.